The zero-order chi connectivity index (χ0) is 25.3. The van der Waals surface area contributed by atoms with Crippen LogP contribution >= 0.6 is 0 Å². The van der Waals surface area contributed by atoms with Crippen LogP contribution in [-0.2, 0) is 30.8 Å². The zero-order valence-electron chi connectivity index (χ0n) is 18.8. The van der Waals surface area contributed by atoms with Crippen LogP contribution in [0.4, 0.5) is 10.1 Å². The minimum Gasteiger partial charge on any atom is -0.490 e. The van der Waals surface area contributed by atoms with E-state index in [4.69, 9.17) is 9.47 Å². The van der Waals surface area contributed by atoms with Gasteiger partial charge in [-0.05, 0) is 61.0 Å². The molecule has 1 amide bonds. The lowest BCUT2D eigenvalue weighted by Crippen LogP contribution is -2.47. The standard InChI is InChI=1S/C24H24FN3O6S/c1-2-33-23(29)14-17-5-9-19(10-6-17)27-24(30)22(16-34-20-4-3-13-26-15-20)28-35(31,32)21-11-7-18(25)8-12-21/h3-13,15,22,28H,2,14,16H2,1H3,(H,27,30). The number of halogens is 1. The molecule has 184 valence electrons. The van der Waals surface area contributed by atoms with E-state index in [0.717, 1.165) is 24.3 Å². The van der Waals surface area contributed by atoms with Gasteiger partial charge in [-0.15, -0.1) is 0 Å². The highest BCUT2D eigenvalue weighted by Crippen LogP contribution is 2.14. The Morgan fingerprint density at radius 1 is 1.06 bits per heavy atom. The Morgan fingerprint density at radius 2 is 1.77 bits per heavy atom. The molecule has 0 bridgehead atoms. The lowest BCUT2D eigenvalue weighted by molar-refractivity contribution is -0.142. The second kappa shape index (κ2) is 12.0. The van der Waals surface area contributed by atoms with E-state index in [1.54, 1.807) is 49.5 Å². The number of anilines is 1. The quantitative estimate of drug-likeness (QED) is 0.387. The van der Waals surface area contributed by atoms with Gasteiger partial charge in [0.15, 0.2) is 0 Å². The van der Waals surface area contributed by atoms with E-state index in [0.29, 0.717) is 17.0 Å². The lowest BCUT2D eigenvalue weighted by atomic mass is 10.1. The molecule has 1 heterocycles. The molecular formula is C24H24FN3O6S. The number of carbonyl (C=O) groups is 2. The first-order valence-corrected chi connectivity index (χ1v) is 12.1. The van der Waals surface area contributed by atoms with Gasteiger partial charge in [-0.3, -0.25) is 14.6 Å². The van der Waals surface area contributed by atoms with E-state index < -0.39 is 27.8 Å². The van der Waals surface area contributed by atoms with E-state index in [-0.39, 0.29) is 30.5 Å². The number of nitrogens with one attached hydrogen (secondary N) is 2. The van der Waals surface area contributed by atoms with Crippen molar-refractivity contribution in [2.24, 2.45) is 0 Å². The second-order valence-corrected chi connectivity index (χ2v) is 9.01. The van der Waals surface area contributed by atoms with Crippen molar-refractivity contribution in [3.8, 4) is 5.75 Å². The summed E-state index contributed by atoms with van der Waals surface area (Å²) < 4.78 is 51.6. The van der Waals surface area contributed by atoms with Crippen LogP contribution in [0.3, 0.4) is 0 Å². The molecular weight excluding hydrogens is 477 g/mol. The Kier molecular flexibility index (Phi) is 8.87. The number of rotatable bonds is 11. The summed E-state index contributed by atoms with van der Waals surface area (Å²) in [5.74, 6) is -1.30. The van der Waals surface area contributed by atoms with Crippen molar-refractivity contribution in [3.63, 3.8) is 0 Å². The van der Waals surface area contributed by atoms with E-state index in [1.165, 1.54) is 6.20 Å². The van der Waals surface area contributed by atoms with E-state index in [1.807, 2.05) is 0 Å². The minimum absolute atomic E-state index is 0.0844. The fourth-order valence-corrected chi connectivity index (χ4v) is 4.14. The molecule has 0 aliphatic carbocycles. The molecule has 0 saturated carbocycles. The molecule has 11 heteroatoms. The molecule has 0 saturated heterocycles. The third kappa shape index (κ3) is 7.87. The van der Waals surface area contributed by atoms with E-state index in [9.17, 15) is 22.4 Å². The van der Waals surface area contributed by atoms with Crippen LogP contribution in [0.1, 0.15) is 12.5 Å². The van der Waals surface area contributed by atoms with Crippen molar-refractivity contribution in [2.75, 3.05) is 18.5 Å². The summed E-state index contributed by atoms with van der Waals surface area (Å²) >= 11 is 0. The fourth-order valence-electron chi connectivity index (χ4n) is 2.96. The zero-order valence-corrected chi connectivity index (χ0v) is 19.6. The Balaban J connectivity index is 1.74. The van der Waals surface area contributed by atoms with Crippen LogP contribution in [0, 0.1) is 5.82 Å². The molecule has 1 unspecified atom stereocenters. The average molecular weight is 502 g/mol. The predicted octanol–water partition coefficient (Wildman–Crippen LogP) is 2.69. The molecule has 9 nitrogen and oxygen atoms in total. The molecule has 0 radical (unpaired) electrons. The highest BCUT2D eigenvalue weighted by molar-refractivity contribution is 7.89. The first-order chi connectivity index (χ1) is 16.8. The lowest BCUT2D eigenvalue weighted by Gasteiger charge is -2.19. The largest absolute Gasteiger partial charge is 0.490 e. The van der Waals surface area contributed by atoms with Crippen LogP contribution in [0.5, 0.6) is 5.75 Å². The number of benzene rings is 2. The van der Waals surface area contributed by atoms with Gasteiger partial charge in [0.1, 0.15) is 24.2 Å². The maximum atomic E-state index is 13.2. The van der Waals surface area contributed by atoms with Crippen molar-refractivity contribution >= 4 is 27.6 Å². The first-order valence-electron chi connectivity index (χ1n) is 10.6. The molecule has 1 aromatic heterocycles. The summed E-state index contributed by atoms with van der Waals surface area (Å²) in [7, 11) is -4.17. The smallest absolute Gasteiger partial charge is 0.310 e. The van der Waals surface area contributed by atoms with Gasteiger partial charge in [0.25, 0.3) is 0 Å². The monoisotopic (exact) mass is 501 g/mol. The van der Waals surface area contributed by atoms with Crippen molar-refractivity contribution in [3.05, 3.63) is 84.4 Å². The summed E-state index contributed by atoms with van der Waals surface area (Å²) in [6.07, 6.45) is 3.05. The van der Waals surface area contributed by atoms with Crippen LogP contribution < -0.4 is 14.8 Å². The van der Waals surface area contributed by atoms with Gasteiger partial charge in [0, 0.05) is 11.9 Å². The molecule has 0 fully saturated rings. The van der Waals surface area contributed by atoms with Crippen LogP contribution in [0.2, 0.25) is 0 Å². The average Bonchev–Trinajstić information content (AvgIpc) is 2.84. The van der Waals surface area contributed by atoms with Gasteiger partial charge in [0.2, 0.25) is 15.9 Å². The summed E-state index contributed by atoms with van der Waals surface area (Å²) in [4.78, 5) is 28.3. The molecule has 2 aromatic carbocycles. The second-order valence-electron chi connectivity index (χ2n) is 7.30. The number of amides is 1. The summed E-state index contributed by atoms with van der Waals surface area (Å²) in [5, 5.41) is 2.63. The topological polar surface area (TPSA) is 124 Å². The molecule has 35 heavy (non-hydrogen) atoms. The first kappa shape index (κ1) is 25.8. The third-order valence-electron chi connectivity index (χ3n) is 4.66. The van der Waals surface area contributed by atoms with Gasteiger partial charge in [-0.2, -0.15) is 4.72 Å². The van der Waals surface area contributed by atoms with Gasteiger partial charge in [-0.1, -0.05) is 12.1 Å². The summed E-state index contributed by atoms with van der Waals surface area (Å²) in [6.45, 7) is 1.66. The van der Waals surface area contributed by atoms with Gasteiger partial charge in [-0.25, -0.2) is 12.8 Å². The van der Waals surface area contributed by atoms with E-state index in [2.05, 4.69) is 15.0 Å². The SMILES string of the molecule is CCOC(=O)Cc1ccc(NC(=O)C(COc2cccnc2)NS(=O)(=O)c2ccc(F)cc2)cc1. The van der Waals surface area contributed by atoms with Crippen molar-refractivity contribution in [1.82, 2.24) is 9.71 Å². The number of nitrogens with zero attached hydrogens (tertiary/aromatic N) is 1. The number of hydrogen-bond donors (Lipinski definition) is 2. The fraction of sp³-hybridized carbons (Fsp3) is 0.208. The number of hydrogen-bond acceptors (Lipinski definition) is 7. The van der Waals surface area contributed by atoms with Crippen molar-refractivity contribution in [2.45, 2.75) is 24.3 Å². The number of aromatic nitrogens is 1. The normalized spacial score (nSPS) is 11.9. The maximum Gasteiger partial charge on any atom is 0.310 e. The molecule has 0 aliphatic rings. The van der Waals surface area contributed by atoms with Gasteiger partial charge in [0.05, 0.1) is 24.1 Å². The number of ether oxygens (including phenoxy) is 2. The van der Waals surface area contributed by atoms with Crippen LogP contribution in [-0.4, -0.2) is 44.5 Å². The Bertz CT molecular complexity index is 1240. The third-order valence-corrected chi connectivity index (χ3v) is 6.15. The Labute approximate surface area is 202 Å². The number of pyridine rings is 1. The van der Waals surface area contributed by atoms with Gasteiger partial charge < -0.3 is 14.8 Å². The molecule has 0 aliphatic heterocycles. The van der Waals surface area contributed by atoms with Crippen LogP contribution in [0.15, 0.2) is 78.0 Å². The Hall–Kier alpha value is -3.83. The van der Waals surface area contributed by atoms with Gasteiger partial charge >= 0.3 is 5.97 Å². The summed E-state index contributed by atoms with van der Waals surface area (Å²) in [5.41, 5.74) is 1.07. The molecule has 1 atom stereocenters. The molecule has 0 spiro atoms. The van der Waals surface area contributed by atoms with Crippen molar-refractivity contribution in [1.29, 1.82) is 0 Å². The van der Waals surface area contributed by atoms with Crippen LogP contribution in [0.25, 0.3) is 0 Å². The maximum absolute atomic E-state index is 13.2. The highest BCUT2D eigenvalue weighted by Gasteiger charge is 2.27. The van der Waals surface area contributed by atoms with E-state index >= 15 is 0 Å². The predicted molar refractivity (Wildman–Crippen MR) is 126 cm³/mol. The molecule has 3 rings (SSSR count). The Morgan fingerprint density at radius 3 is 2.40 bits per heavy atom. The number of carbonyl (C=O) groups excluding carboxylic acids is 2. The molecule has 2 N–H and O–H groups in total. The number of esters is 1. The highest BCUT2D eigenvalue weighted by atomic mass is 32.2. The number of sulfonamides is 1. The summed E-state index contributed by atoms with van der Waals surface area (Å²) in [6, 6.07) is 12.6. The van der Waals surface area contributed by atoms with Crippen molar-refractivity contribution < 1.29 is 31.9 Å². The minimum atomic E-state index is -4.17. The molecule has 3 aromatic rings.